The predicted molar refractivity (Wildman–Crippen MR) is 197 cm³/mol. The van der Waals surface area contributed by atoms with E-state index in [4.69, 9.17) is 9.73 Å². The quantitative estimate of drug-likeness (QED) is 0.288. The molecule has 0 amide bonds. The highest BCUT2D eigenvalue weighted by Crippen LogP contribution is 2.57. The molecule has 0 N–H and O–H groups in total. The van der Waals surface area contributed by atoms with Crippen molar-refractivity contribution in [2.24, 2.45) is 10.9 Å². The maximum atomic E-state index is 6.75. The van der Waals surface area contributed by atoms with Gasteiger partial charge in [-0.15, -0.1) is 0 Å². The smallest absolute Gasteiger partial charge is 0.125 e. The van der Waals surface area contributed by atoms with Crippen molar-refractivity contribution in [3.8, 4) is 11.1 Å². The number of rotatable bonds is 4. The Balaban J connectivity index is 1.16. The van der Waals surface area contributed by atoms with E-state index in [2.05, 4.69) is 158 Å². The van der Waals surface area contributed by atoms with Crippen LogP contribution in [0.15, 0.2) is 167 Å². The Hall–Kier alpha value is -4.73. The van der Waals surface area contributed by atoms with Gasteiger partial charge in [0.1, 0.15) is 11.9 Å². The van der Waals surface area contributed by atoms with Crippen LogP contribution in [0.2, 0.25) is 0 Å². The predicted octanol–water partition coefficient (Wildman–Crippen LogP) is 9.79. The third kappa shape index (κ3) is 4.33. The highest BCUT2D eigenvalue weighted by atomic mass is 16.5. The summed E-state index contributed by atoms with van der Waals surface area (Å²) in [5.74, 6) is 1.47. The summed E-state index contributed by atoms with van der Waals surface area (Å²) in [7, 11) is 2.28. The van der Waals surface area contributed by atoms with Gasteiger partial charge in [-0.2, -0.15) is 0 Å². The summed E-state index contributed by atoms with van der Waals surface area (Å²) < 4.78 is 6.75. The summed E-state index contributed by atoms with van der Waals surface area (Å²) in [6, 6.07) is 30.0. The van der Waals surface area contributed by atoms with Crippen molar-refractivity contribution in [3.63, 3.8) is 0 Å². The van der Waals surface area contributed by atoms with Crippen molar-refractivity contribution in [2.45, 2.75) is 61.7 Å². The van der Waals surface area contributed by atoms with Gasteiger partial charge in [-0.05, 0) is 89.9 Å². The summed E-state index contributed by atoms with van der Waals surface area (Å²) in [5.41, 5.74) is 9.99. The Labute approximate surface area is 284 Å². The van der Waals surface area contributed by atoms with Crippen molar-refractivity contribution >= 4 is 6.21 Å². The fourth-order valence-electron chi connectivity index (χ4n) is 9.59. The van der Waals surface area contributed by atoms with Gasteiger partial charge in [-0.3, -0.25) is 9.89 Å². The second-order valence-corrected chi connectivity index (χ2v) is 14.3. The summed E-state index contributed by atoms with van der Waals surface area (Å²) in [5, 5.41) is 0. The average Bonchev–Trinajstić information content (AvgIpc) is 3.14. The molecule has 3 aromatic carbocycles. The molecule has 6 aliphatic rings. The Bertz CT molecular complexity index is 2000. The van der Waals surface area contributed by atoms with Crippen molar-refractivity contribution < 1.29 is 4.74 Å². The first-order chi connectivity index (χ1) is 23.6. The van der Waals surface area contributed by atoms with E-state index in [9.17, 15) is 0 Å². The van der Waals surface area contributed by atoms with Gasteiger partial charge < -0.3 is 4.74 Å². The van der Waals surface area contributed by atoms with E-state index in [0.29, 0.717) is 5.92 Å². The Morgan fingerprint density at radius 3 is 2.56 bits per heavy atom. The van der Waals surface area contributed by atoms with Crippen molar-refractivity contribution in [3.05, 3.63) is 179 Å². The molecule has 3 nitrogen and oxygen atoms in total. The molecular formula is C45H42N2O. The van der Waals surface area contributed by atoms with Gasteiger partial charge in [-0.25, -0.2) is 0 Å². The number of hydrogen-bond donors (Lipinski definition) is 0. The largest absolute Gasteiger partial charge is 0.486 e. The maximum Gasteiger partial charge on any atom is 0.125 e. The van der Waals surface area contributed by atoms with Crippen LogP contribution >= 0.6 is 0 Å². The minimum Gasteiger partial charge on any atom is -0.486 e. The number of hydrogen-bond acceptors (Lipinski definition) is 3. The van der Waals surface area contributed by atoms with Gasteiger partial charge in [-0.1, -0.05) is 127 Å². The van der Waals surface area contributed by atoms with E-state index in [1.807, 2.05) is 6.21 Å². The van der Waals surface area contributed by atoms with Crippen LogP contribution in [0.5, 0.6) is 0 Å². The minimum atomic E-state index is -0.415. The van der Waals surface area contributed by atoms with Crippen LogP contribution < -0.4 is 0 Å². The number of ether oxygens (including phenoxy) is 1. The zero-order valence-electron chi connectivity index (χ0n) is 27.8. The number of nitrogens with zero attached hydrogens (tertiary/aromatic N) is 2. The summed E-state index contributed by atoms with van der Waals surface area (Å²) in [6.45, 7) is 2.34. The molecule has 3 heterocycles. The van der Waals surface area contributed by atoms with Crippen LogP contribution in [0, 0.1) is 5.92 Å². The molecule has 0 radical (unpaired) electrons. The minimum absolute atomic E-state index is 0.00457. The molecule has 3 aliphatic heterocycles. The number of likely N-dealkylation sites (N-methyl/N-ethyl adjacent to an activating group) is 1. The van der Waals surface area contributed by atoms with E-state index in [1.54, 1.807) is 0 Å². The van der Waals surface area contributed by atoms with Gasteiger partial charge >= 0.3 is 0 Å². The number of allylic oxidation sites excluding steroid dienone is 7. The van der Waals surface area contributed by atoms with E-state index in [-0.39, 0.29) is 23.7 Å². The molecule has 0 saturated heterocycles. The van der Waals surface area contributed by atoms with Gasteiger partial charge in [0.05, 0.1) is 23.0 Å². The molecule has 3 aromatic rings. The molecular weight excluding hydrogens is 585 g/mol. The van der Waals surface area contributed by atoms with Gasteiger partial charge in [0.2, 0.25) is 0 Å². The second-order valence-electron chi connectivity index (χ2n) is 14.3. The molecule has 238 valence electrons. The monoisotopic (exact) mass is 626 g/mol. The lowest BCUT2D eigenvalue weighted by atomic mass is 9.58. The van der Waals surface area contributed by atoms with Crippen LogP contribution in [-0.4, -0.2) is 35.8 Å². The summed E-state index contributed by atoms with van der Waals surface area (Å²) >= 11 is 0. The third-order valence-corrected chi connectivity index (χ3v) is 11.8. The van der Waals surface area contributed by atoms with Crippen LogP contribution in [0.25, 0.3) is 11.1 Å². The topological polar surface area (TPSA) is 24.8 Å². The highest BCUT2D eigenvalue weighted by molar-refractivity contribution is 5.76. The summed E-state index contributed by atoms with van der Waals surface area (Å²) in [6.07, 6.45) is 28.8. The zero-order chi connectivity index (χ0) is 32.3. The first kappa shape index (κ1) is 29.4. The lowest BCUT2D eigenvalue weighted by molar-refractivity contribution is 0.120. The average molecular weight is 627 g/mol. The molecule has 0 fully saturated rings. The lowest BCUT2D eigenvalue weighted by Crippen LogP contribution is -2.57. The van der Waals surface area contributed by atoms with Crippen LogP contribution in [0.4, 0.5) is 0 Å². The molecule has 6 atom stereocenters. The Morgan fingerprint density at radius 1 is 0.854 bits per heavy atom. The SMILES string of the molecule is CN1C(c2ccc(-c3ccccc3[C@]3(c4ccccc4)C4=CC=CC[C@@H]4OC4=C3CCC=C4)cc2)C=CC2=CCC3C=CC=NC3(C)C21. The molecule has 0 saturated carbocycles. The molecule has 9 rings (SSSR count). The highest BCUT2D eigenvalue weighted by Gasteiger charge is 2.51. The Kier molecular flexibility index (Phi) is 7.02. The molecule has 3 heteroatoms. The van der Waals surface area contributed by atoms with Crippen molar-refractivity contribution in [1.82, 2.24) is 4.90 Å². The maximum absolute atomic E-state index is 6.75. The molecule has 4 unspecified atom stereocenters. The number of fused-ring (bicyclic) bond motifs is 4. The lowest BCUT2D eigenvalue weighted by Gasteiger charge is -2.51. The number of benzene rings is 3. The normalized spacial score (nSPS) is 31.6. The molecule has 0 spiro atoms. The van der Waals surface area contributed by atoms with E-state index < -0.39 is 5.41 Å². The Morgan fingerprint density at radius 2 is 1.69 bits per heavy atom. The number of dihydropyridines is 1. The first-order valence-corrected chi connectivity index (χ1v) is 17.6. The molecule has 3 aliphatic carbocycles. The first-order valence-electron chi connectivity index (χ1n) is 17.6. The summed E-state index contributed by atoms with van der Waals surface area (Å²) in [4.78, 5) is 7.63. The zero-order valence-corrected chi connectivity index (χ0v) is 27.8. The molecule has 0 aromatic heterocycles. The van der Waals surface area contributed by atoms with Gasteiger partial charge in [0.25, 0.3) is 0 Å². The van der Waals surface area contributed by atoms with Crippen LogP contribution in [-0.2, 0) is 10.2 Å². The van der Waals surface area contributed by atoms with E-state index in [0.717, 1.165) is 31.4 Å². The standard InChI is InChI=1S/C45H42N2O/c1-44-34(15-12-30-46-44)28-26-33-27-29-40(47(2)43(33)44)32-24-22-31(23-25-32)36-16-6-7-17-37(36)45(35-13-4-3-5-14-35)38-18-8-10-20-41(38)48-42-21-11-9-19-39(42)45/h3-8,10-18,21-27,29-30,34,40-41,43H,9,19-20,28H2,1-2H3/t34?,40?,41-,43?,44?,45+/m0/s1. The van der Waals surface area contributed by atoms with Crippen LogP contribution in [0.1, 0.15) is 55.3 Å². The third-order valence-electron chi connectivity index (χ3n) is 11.8. The van der Waals surface area contributed by atoms with Gasteiger partial charge in [0, 0.05) is 18.6 Å². The molecule has 0 bridgehead atoms. The van der Waals surface area contributed by atoms with Gasteiger partial charge in [0.15, 0.2) is 0 Å². The molecule has 48 heavy (non-hydrogen) atoms. The van der Waals surface area contributed by atoms with E-state index >= 15 is 0 Å². The van der Waals surface area contributed by atoms with Crippen molar-refractivity contribution in [2.75, 3.05) is 7.05 Å². The van der Waals surface area contributed by atoms with Crippen LogP contribution in [0.3, 0.4) is 0 Å². The number of aliphatic imine (C=N–C) groups is 1. The van der Waals surface area contributed by atoms with Crippen molar-refractivity contribution in [1.29, 1.82) is 0 Å². The fourth-order valence-corrected chi connectivity index (χ4v) is 9.59. The fraction of sp³-hybridized carbons (Fsp3) is 0.267. The second kappa shape index (κ2) is 11.5. The van der Waals surface area contributed by atoms with E-state index in [1.165, 1.54) is 44.5 Å².